The number of H-pyrrole nitrogens is 1. The van der Waals surface area contributed by atoms with Crippen LogP contribution in [-0.2, 0) is 6.42 Å². The van der Waals surface area contributed by atoms with Crippen LogP contribution in [-0.4, -0.2) is 40.9 Å². The molecular weight excluding hydrogens is 350 g/mol. The van der Waals surface area contributed by atoms with Crippen molar-refractivity contribution >= 4 is 17.5 Å². The van der Waals surface area contributed by atoms with Crippen LogP contribution in [0.5, 0.6) is 11.5 Å². The SMILES string of the molecule is COc1ccc(C(=O)CSc2n[nH]c(CCC3CCCC3)n2)c(OC)c1. The fourth-order valence-corrected chi connectivity index (χ4v) is 4.03. The van der Waals surface area contributed by atoms with Crippen LogP contribution in [0.1, 0.15) is 48.3 Å². The number of ketones is 1. The number of methoxy groups -OCH3 is 2. The molecule has 1 aromatic heterocycles. The molecule has 7 heteroatoms. The number of carbonyl (C=O) groups excluding carboxylic acids is 1. The van der Waals surface area contributed by atoms with Crippen LogP contribution in [0.15, 0.2) is 23.4 Å². The third kappa shape index (κ3) is 4.78. The summed E-state index contributed by atoms with van der Waals surface area (Å²) in [6.07, 6.45) is 7.50. The van der Waals surface area contributed by atoms with Gasteiger partial charge >= 0.3 is 0 Å². The number of aromatic amines is 1. The molecule has 140 valence electrons. The van der Waals surface area contributed by atoms with Crippen LogP contribution in [0, 0.1) is 5.92 Å². The highest BCUT2D eigenvalue weighted by Gasteiger charge is 2.17. The summed E-state index contributed by atoms with van der Waals surface area (Å²) in [6.45, 7) is 0. The Balaban J connectivity index is 1.53. The molecule has 0 atom stereocenters. The smallest absolute Gasteiger partial charge is 0.208 e. The molecule has 26 heavy (non-hydrogen) atoms. The lowest BCUT2D eigenvalue weighted by Gasteiger charge is -2.09. The number of thioether (sulfide) groups is 1. The standard InChI is InChI=1S/C19H25N3O3S/c1-24-14-8-9-15(17(11-14)25-2)16(23)12-26-19-20-18(21-22-19)10-7-13-5-3-4-6-13/h8-9,11,13H,3-7,10,12H2,1-2H3,(H,20,21,22). The van der Waals surface area contributed by atoms with Gasteiger partial charge in [-0.1, -0.05) is 37.4 Å². The molecule has 0 unspecified atom stereocenters. The van der Waals surface area contributed by atoms with Crippen molar-refractivity contribution in [1.82, 2.24) is 15.2 Å². The van der Waals surface area contributed by atoms with Crippen LogP contribution < -0.4 is 9.47 Å². The van der Waals surface area contributed by atoms with Gasteiger partial charge in [-0.2, -0.15) is 0 Å². The van der Waals surface area contributed by atoms with E-state index in [2.05, 4.69) is 15.2 Å². The summed E-state index contributed by atoms with van der Waals surface area (Å²) >= 11 is 1.34. The Bertz CT molecular complexity index is 741. The van der Waals surface area contributed by atoms with Gasteiger partial charge in [0.1, 0.15) is 17.3 Å². The molecule has 6 nitrogen and oxygen atoms in total. The minimum absolute atomic E-state index is 0.0215. The van der Waals surface area contributed by atoms with E-state index in [0.29, 0.717) is 22.2 Å². The molecule has 1 fully saturated rings. The van der Waals surface area contributed by atoms with Gasteiger partial charge in [0.15, 0.2) is 5.78 Å². The Morgan fingerprint density at radius 1 is 1.27 bits per heavy atom. The van der Waals surface area contributed by atoms with E-state index in [1.165, 1.54) is 43.9 Å². The number of ether oxygens (including phenoxy) is 2. The van der Waals surface area contributed by atoms with Gasteiger partial charge in [-0.3, -0.25) is 9.89 Å². The number of aryl methyl sites for hydroxylation is 1. The second kappa shape index (κ2) is 9.07. The first-order valence-electron chi connectivity index (χ1n) is 8.99. The first kappa shape index (κ1) is 18.8. The summed E-state index contributed by atoms with van der Waals surface area (Å²) < 4.78 is 10.5. The topological polar surface area (TPSA) is 77.1 Å². The molecule has 0 spiro atoms. The van der Waals surface area contributed by atoms with Crippen LogP contribution in [0.25, 0.3) is 0 Å². The minimum Gasteiger partial charge on any atom is -0.497 e. The van der Waals surface area contributed by atoms with Gasteiger partial charge in [0.25, 0.3) is 0 Å². The number of nitrogens with one attached hydrogen (secondary N) is 1. The normalized spacial score (nSPS) is 14.5. The van der Waals surface area contributed by atoms with Gasteiger partial charge in [0.2, 0.25) is 5.16 Å². The molecule has 1 saturated carbocycles. The highest BCUT2D eigenvalue weighted by atomic mass is 32.2. The average molecular weight is 375 g/mol. The highest BCUT2D eigenvalue weighted by Crippen LogP contribution is 2.29. The zero-order valence-corrected chi connectivity index (χ0v) is 16.1. The molecule has 1 aromatic carbocycles. The molecule has 1 heterocycles. The van der Waals surface area contributed by atoms with Crippen molar-refractivity contribution in [2.24, 2.45) is 5.92 Å². The van der Waals surface area contributed by atoms with E-state index in [-0.39, 0.29) is 11.5 Å². The third-order valence-electron chi connectivity index (χ3n) is 4.82. The largest absolute Gasteiger partial charge is 0.497 e. The van der Waals surface area contributed by atoms with E-state index in [1.54, 1.807) is 32.4 Å². The van der Waals surface area contributed by atoms with Crippen molar-refractivity contribution in [2.45, 2.75) is 43.7 Å². The molecule has 2 aromatic rings. The summed E-state index contributed by atoms with van der Waals surface area (Å²) in [6, 6.07) is 5.20. The lowest BCUT2D eigenvalue weighted by atomic mass is 10.0. The van der Waals surface area contributed by atoms with E-state index in [4.69, 9.17) is 9.47 Å². The number of nitrogens with zero attached hydrogens (tertiary/aromatic N) is 2. The van der Waals surface area contributed by atoms with E-state index in [0.717, 1.165) is 18.2 Å². The van der Waals surface area contributed by atoms with E-state index < -0.39 is 0 Å². The van der Waals surface area contributed by atoms with E-state index in [1.807, 2.05) is 0 Å². The predicted octanol–water partition coefficient (Wildman–Crippen LogP) is 3.92. The molecule has 0 amide bonds. The number of rotatable bonds is 9. The van der Waals surface area contributed by atoms with Gasteiger partial charge in [-0.25, -0.2) is 4.98 Å². The molecule has 0 aliphatic heterocycles. The average Bonchev–Trinajstić information content (AvgIpc) is 3.35. The van der Waals surface area contributed by atoms with Crippen molar-refractivity contribution < 1.29 is 14.3 Å². The quantitative estimate of drug-likeness (QED) is 0.529. The Kier molecular flexibility index (Phi) is 6.55. The summed E-state index contributed by atoms with van der Waals surface area (Å²) in [4.78, 5) is 17.0. The van der Waals surface area contributed by atoms with Crippen molar-refractivity contribution in [3.05, 3.63) is 29.6 Å². The van der Waals surface area contributed by atoms with Gasteiger partial charge < -0.3 is 9.47 Å². The monoisotopic (exact) mass is 375 g/mol. The summed E-state index contributed by atoms with van der Waals surface area (Å²) in [5.74, 6) is 3.16. The van der Waals surface area contributed by atoms with Crippen molar-refractivity contribution in [3.8, 4) is 11.5 Å². The van der Waals surface area contributed by atoms with Gasteiger partial charge in [-0.05, 0) is 24.5 Å². The van der Waals surface area contributed by atoms with Crippen molar-refractivity contribution in [2.75, 3.05) is 20.0 Å². The molecule has 0 bridgehead atoms. The fourth-order valence-electron chi connectivity index (χ4n) is 3.33. The van der Waals surface area contributed by atoms with Crippen LogP contribution in [0.4, 0.5) is 0 Å². The number of hydrogen-bond donors (Lipinski definition) is 1. The Morgan fingerprint density at radius 2 is 2.08 bits per heavy atom. The number of Topliss-reactive ketones (excluding diaryl/α,β-unsaturated/α-hetero) is 1. The maximum absolute atomic E-state index is 12.5. The Morgan fingerprint density at radius 3 is 2.81 bits per heavy atom. The summed E-state index contributed by atoms with van der Waals surface area (Å²) in [5, 5.41) is 7.83. The Hall–Kier alpha value is -2.02. The number of hydrogen-bond acceptors (Lipinski definition) is 6. The molecular formula is C19H25N3O3S. The lowest BCUT2D eigenvalue weighted by Crippen LogP contribution is -2.05. The summed E-state index contributed by atoms with van der Waals surface area (Å²) in [5.41, 5.74) is 0.540. The summed E-state index contributed by atoms with van der Waals surface area (Å²) in [7, 11) is 3.13. The molecule has 0 saturated heterocycles. The number of carbonyl (C=O) groups is 1. The van der Waals surface area contributed by atoms with Crippen LogP contribution >= 0.6 is 11.8 Å². The molecule has 1 N–H and O–H groups in total. The zero-order chi connectivity index (χ0) is 18.4. The van der Waals surface area contributed by atoms with Crippen molar-refractivity contribution in [3.63, 3.8) is 0 Å². The third-order valence-corrected chi connectivity index (χ3v) is 5.66. The minimum atomic E-state index is -0.0215. The van der Waals surface area contributed by atoms with E-state index >= 15 is 0 Å². The lowest BCUT2D eigenvalue weighted by molar-refractivity contribution is 0.101. The zero-order valence-electron chi connectivity index (χ0n) is 15.3. The van der Waals surface area contributed by atoms with Gasteiger partial charge in [0.05, 0.1) is 25.5 Å². The van der Waals surface area contributed by atoms with E-state index in [9.17, 15) is 4.79 Å². The second-order valence-corrected chi connectivity index (χ2v) is 7.47. The molecule has 1 aliphatic rings. The molecule has 0 radical (unpaired) electrons. The first-order chi connectivity index (χ1) is 12.7. The first-order valence-corrected chi connectivity index (χ1v) is 9.97. The van der Waals surface area contributed by atoms with Crippen LogP contribution in [0.3, 0.4) is 0 Å². The van der Waals surface area contributed by atoms with Gasteiger partial charge in [-0.15, -0.1) is 5.10 Å². The fraction of sp³-hybridized carbons (Fsp3) is 0.526. The number of benzene rings is 1. The maximum atomic E-state index is 12.5. The van der Waals surface area contributed by atoms with Crippen molar-refractivity contribution in [1.29, 1.82) is 0 Å². The number of aromatic nitrogens is 3. The predicted molar refractivity (Wildman–Crippen MR) is 101 cm³/mol. The maximum Gasteiger partial charge on any atom is 0.208 e. The molecule has 1 aliphatic carbocycles. The highest BCUT2D eigenvalue weighted by molar-refractivity contribution is 7.99. The van der Waals surface area contributed by atoms with Gasteiger partial charge in [0, 0.05) is 12.5 Å². The Labute approximate surface area is 158 Å². The van der Waals surface area contributed by atoms with Crippen LogP contribution in [0.2, 0.25) is 0 Å². The second-order valence-electron chi connectivity index (χ2n) is 6.53. The molecule has 3 rings (SSSR count).